The largest absolute Gasteiger partial charge is 0.477 e. The zero-order chi connectivity index (χ0) is 23.4. The number of anilines is 1. The molecule has 0 aliphatic rings. The standard InChI is InChI=1S/C25H19N3O4S/c1-33(31,32)28(17-21-14-13-19-6-2-4-8-22(19)27-21)24-9-5-3-7-20(24)12-10-18-11-15-23(25(29)30)26-16-18/h2-9,11,13-16H,17H2,1H3,(H,29,30). The number of carboxylic acid groups (broad SMARTS) is 1. The van der Waals surface area contributed by atoms with Gasteiger partial charge in [-0.2, -0.15) is 0 Å². The molecule has 2 heterocycles. The van der Waals surface area contributed by atoms with Crippen LogP contribution in [0.1, 0.15) is 27.3 Å². The van der Waals surface area contributed by atoms with E-state index in [4.69, 9.17) is 5.11 Å². The van der Waals surface area contributed by atoms with E-state index < -0.39 is 16.0 Å². The maximum Gasteiger partial charge on any atom is 0.354 e. The topological polar surface area (TPSA) is 100 Å². The van der Waals surface area contributed by atoms with Crippen LogP contribution >= 0.6 is 0 Å². The molecule has 0 aliphatic carbocycles. The summed E-state index contributed by atoms with van der Waals surface area (Å²) >= 11 is 0. The van der Waals surface area contributed by atoms with Gasteiger partial charge in [0, 0.05) is 22.7 Å². The van der Waals surface area contributed by atoms with E-state index in [1.165, 1.54) is 16.6 Å². The number of aromatic nitrogens is 2. The molecule has 0 atom stereocenters. The minimum absolute atomic E-state index is 0.0528. The number of carboxylic acids is 1. The van der Waals surface area contributed by atoms with Gasteiger partial charge in [-0.15, -0.1) is 0 Å². The van der Waals surface area contributed by atoms with Crippen molar-refractivity contribution in [2.45, 2.75) is 6.54 Å². The lowest BCUT2D eigenvalue weighted by Gasteiger charge is -2.23. The number of para-hydroxylation sites is 2. The minimum Gasteiger partial charge on any atom is -0.477 e. The van der Waals surface area contributed by atoms with Gasteiger partial charge < -0.3 is 5.11 Å². The third-order valence-electron chi connectivity index (χ3n) is 4.86. The number of benzene rings is 2. The Morgan fingerprint density at radius 1 is 0.970 bits per heavy atom. The van der Waals surface area contributed by atoms with Gasteiger partial charge >= 0.3 is 5.97 Å². The van der Waals surface area contributed by atoms with Gasteiger partial charge in [0.15, 0.2) is 0 Å². The van der Waals surface area contributed by atoms with E-state index >= 15 is 0 Å². The Bertz CT molecular complexity index is 1500. The van der Waals surface area contributed by atoms with E-state index in [9.17, 15) is 13.2 Å². The molecule has 7 nitrogen and oxygen atoms in total. The molecule has 33 heavy (non-hydrogen) atoms. The van der Waals surface area contributed by atoms with Crippen LogP contribution in [0.2, 0.25) is 0 Å². The highest BCUT2D eigenvalue weighted by Crippen LogP contribution is 2.25. The second-order valence-corrected chi connectivity index (χ2v) is 9.18. The monoisotopic (exact) mass is 457 g/mol. The number of hydrogen-bond acceptors (Lipinski definition) is 5. The summed E-state index contributed by atoms with van der Waals surface area (Å²) in [6.07, 6.45) is 2.51. The average Bonchev–Trinajstić information content (AvgIpc) is 2.81. The van der Waals surface area contributed by atoms with Crippen molar-refractivity contribution >= 4 is 32.6 Å². The molecule has 2 aromatic carbocycles. The first-order chi connectivity index (χ1) is 15.8. The quantitative estimate of drug-likeness (QED) is 0.459. The summed E-state index contributed by atoms with van der Waals surface area (Å²) in [4.78, 5) is 19.4. The number of pyridine rings is 2. The summed E-state index contributed by atoms with van der Waals surface area (Å²) < 4.78 is 26.7. The molecule has 4 aromatic rings. The van der Waals surface area contributed by atoms with Gasteiger partial charge in [0.25, 0.3) is 0 Å². The molecule has 0 spiro atoms. The van der Waals surface area contributed by atoms with Crippen molar-refractivity contribution in [3.63, 3.8) is 0 Å². The Morgan fingerprint density at radius 3 is 2.45 bits per heavy atom. The van der Waals surface area contributed by atoms with Crippen LogP contribution in [0, 0.1) is 11.8 Å². The van der Waals surface area contributed by atoms with Gasteiger partial charge in [0.1, 0.15) is 5.69 Å². The van der Waals surface area contributed by atoms with Crippen molar-refractivity contribution in [3.8, 4) is 11.8 Å². The second-order valence-electron chi connectivity index (χ2n) is 7.27. The number of carbonyl (C=O) groups is 1. The molecule has 0 fully saturated rings. The molecule has 0 radical (unpaired) electrons. The summed E-state index contributed by atoms with van der Waals surface area (Å²) in [6, 6.07) is 21.2. The first kappa shape index (κ1) is 22.0. The fourth-order valence-corrected chi connectivity index (χ4v) is 4.14. The number of fused-ring (bicyclic) bond motifs is 1. The summed E-state index contributed by atoms with van der Waals surface area (Å²) in [5.74, 6) is 4.78. The van der Waals surface area contributed by atoms with E-state index in [0.29, 0.717) is 22.5 Å². The van der Waals surface area contributed by atoms with Crippen LogP contribution in [0.15, 0.2) is 79.0 Å². The lowest BCUT2D eigenvalue weighted by Crippen LogP contribution is -2.30. The average molecular weight is 458 g/mol. The third-order valence-corrected chi connectivity index (χ3v) is 5.99. The van der Waals surface area contributed by atoms with Crippen molar-refractivity contribution in [1.82, 2.24) is 9.97 Å². The van der Waals surface area contributed by atoms with Gasteiger partial charge in [-0.3, -0.25) is 9.29 Å². The van der Waals surface area contributed by atoms with Crippen molar-refractivity contribution < 1.29 is 18.3 Å². The maximum atomic E-state index is 12.7. The van der Waals surface area contributed by atoms with Gasteiger partial charge in [-0.25, -0.2) is 18.2 Å². The molecule has 8 heteroatoms. The van der Waals surface area contributed by atoms with Crippen LogP contribution in [-0.4, -0.2) is 35.7 Å². The van der Waals surface area contributed by atoms with Gasteiger partial charge in [0.2, 0.25) is 10.0 Å². The van der Waals surface area contributed by atoms with Crippen molar-refractivity contribution in [2.75, 3.05) is 10.6 Å². The van der Waals surface area contributed by atoms with Crippen LogP contribution in [0.4, 0.5) is 5.69 Å². The van der Waals surface area contributed by atoms with E-state index in [0.717, 1.165) is 17.2 Å². The molecule has 4 rings (SSSR count). The lowest BCUT2D eigenvalue weighted by molar-refractivity contribution is 0.0690. The minimum atomic E-state index is -3.64. The van der Waals surface area contributed by atoms with Gasteiger partial charge in [-0.05, 0) is 36.4 Å². The number of nitrogens with zero attached hydrogens (tertiary/aromatic N) is 3. The Labute approximate surface area is 191 Å². The highest BCUT2D eigenvalue weighted by Gasteiger charge is 2.21. The lowest BCUT2D eigenvalue weighted by atomic mass is 10.1. The smallest absolute Gasteiger partial charge is 0.354 e. The molecule has 0 saturated carbocycles. The number of rotatable bonds is 5. The molecule has 0 unspecified atom stereocenters. The molecule has 2 aromatic heterocycles. The van der Waals surface area contributed by atoms with E-state index in [-0.39, 0.29) is 12.2 Å². The fraction of sp³-hybridized carbons (Fsp3) is 0.0800. The van der Waals surface area contributed by atoms with Gasteiger partial charge in [0.05, 0.1) is 29.7 Å². The number of hydrogen-bond donors (Lipinski definition) is 1. The highest BCUT2D eigenvalue weighted by molar-refractivity contribution is 7.92. The fourth-order valence-electron chi connectivity index (χ4n) is 3.26. The van der Waals surface area contributed by atoms with E-state index in [1.54, 1.807) is 30.3 Å². The Hall–Kier alpha value is -4.22. The van der Waals surface area contributed by atoms with Crippen molar-refractivity contribution in [3.05, 3.63) is 102 Å². The molecular weight excluding hydrogens is 438 g/mol. The predicted molar refractivity (Wildman–Crippen MR) is 126 cm³/mol. The normalized spacial score (nSPS) is 10.9. The molecule has 0 amide bonds. The Morgan fingerprint density at radius 2 is 1.73 bits per heavy atom. The first-order valence-electron chi connectivity index (χ1n) is 9.94. The molecule has 164 valence electrons. The van der Waals surface area contributed by atoms with Crippen LogP contribution in [0.25, 0.3) is 10.9 Å². The summed E-state index contributed by atoms with van der Waals surface area (Å²) in [6.45, 7) is 0.0528. The molecule has 0 aliphatic heterocycles. The molecule has 0 saturated heterocycles. The highest BCUT2D eigenvalue weighted by atomic mass is 32.2. The molecule has 0 bridgehead atoms. The summed E-state index contributed by atoms with van der Waals surface area (Å²) in [5.41, 5.74) is 2.76. The second kappa shape index (κ2) is 9.10. The van der Waals surface area contributed by atoms with Crippen molar-refractivity contribution in [1.29, 1.82) is 0 Å². The zero-order valence-corrected chi connectivity index (χ0v) is 18.5. The summed E-state index contributed by atoms with van der Waals surface area (Å²) in [7, 11) is -3.64. The van der Waals surface area contributed by atoms with Crippen molar-refractivity contribution in [2.24, 2.45) is 0 Å². The van der Waals surface area contributed by atoms with E-state index in [1.807, 2.05) is 36.4 Å². The predicted octanol–water partition coefficient (Wildman–Crippen LogP) is 3.69. The first-order valence-corrected chi connectivity index (χ1v) is 11.8. The molecule has 1 N–H and O–H groups in total. The number of sulfonamides is 1. The van der Waals surface area contributed by atoms with Crippen LogP contribution < -0.4 is 4.31 Å². The zero-order valence-electron chi connectivity index (χ0n) is 17.6. The summed E-state index contributed by atoms with van der Waals surface area (Å²) in [5, 5.41) is 9.94. The van der Waals surface area contributed by atoms with Crippen LogP contribution in [-0.2, 0) is 16.6 Å². The van der Waals surface area contributed by atoms with Gasteiger partial charge in [-0.1, -0.05) is 48.2 Å². The Kier molecular flexibility index (Phi) is 6.07. The maximum absolute atomic E-state index is 12.7. The Balaban J connectivity index is 1.70. The van der Waals surface area contributed by atoms with Crippen LogP contribution in [0.3, 0.4) is 0 Å². The van der Waals surface area contributed by atoms with Crippen LogP contribution in [0.5, 0.6) is 0 Å². The number of aromatic carboxylic acids is 1. The van der Waals surface area contributed by atoms with E-state index in [2.05, 4.69) is 21.8 Å². The SMILES string of the molecule is CS(=O)(=O)N(Cc1ccc2ccccc2n1)c1ccccc1C#Cc1ccc(C(=O)O)nc1. The third kappa shape index (κ3) is 5.17. The molecular formula is C25H19N3O4S.